The summed E-state index contributed by atoms with van der Waals surface area (Å²) in [4.78, 5) is 13.3. The van der Waals surface area contributed by atoms with Gasteiger partial charge in [0.15, 0.2) is 0 Å². The van der Waals surface area contributed by atoms with Crippen LogP contribution >= 0.6 is 0 Å². The van der Waals surface area contributed by atoms with Crippen LogP contribution in [0.15, 0.2) is 85.5 Å². The number of benzene rings is 3. The van der Waals surface area contributed by atoms with Gasteiger partial charge in [-0.2, -0.15) is 5.10 Å². The average molecular weight is 424 g/mol. The summed E-state index contributed by atoms with van der Waals surface area (Å²) in [6.07, 6.45) is 6.82. The second-order valence-corrected chi connectivity index (χ2v) is 7.57. The Hall–Kier alpha value is -4.52. The lowest BCUT2D eigenvalue weighted by Gasteiger charge is -2.13. The van der Waals surface area contributed by atoms with Gasteiger partial charge in [-0.1, -0.05) is 42.5 Å². The van der Waals surface area contributed by atoms with Gasteiger partial charge < -0.3 is 15.5 Å². The number of nitrogens with one attached hydrogen (secondary N) is 1. The van der Waals surface area contributed by atoms with E-state index in [0.29, 0.717) is 5.69 Å². The van der Waals surface area contributed by atoms with Crippen LogP contribution in [-0.2, 0) is 0 Å². The molecule has 3 aromatic carbocycles. The Labute approximate surface area is 183 Å². The first-order chi connectivity index (χ1) is 15.5. The highest BCUT2D eigenvalue weighted by Crippen LogP contribution is 2.34. The van der Waals surface area contributed by atoms with Crippen LogP contribution in [0.2, 0.25) is 0 Å². The minimum absolute atomic E-state index is 0.0479. The zero-order chi connectivity index (χ0) is 22.2. The Kier molecular flexibility index (Phi) is 4.63. The zero-order valence-corrected chi connectivity index (χ0v) is 17.2. The quantitative estimate of drug-likeness (QED) is 0.378. The summed E-state index contributed by atoms with van der Waals surface area (Å²) in [5.41, 5.74) is 2.91. The number of phenolic OH excluding ortho intramolecular Hbond substituents is 2. The van der Waals surface area contributed by atoms with Gasteiger partial charge in [-0.05, 0) is 29.3 Å². The van der Waals surface area contributed by atoms with Crippen LogP contribution in [0.5, 0.6) is 11.5 Å². The highest BCUT2D eigenvalue weighted by Gasteiger charge is 2.21. The standard InChI is InChI=1S/C25H20N4O3/c1-16-6-2-5-9-22(16)29-15-19(12-26-29)27-21-10-20(30)11-23(31)24(21)25(32)28-13-17-7-3-4-8-18(17)14-28/h2-15,27,30-31H,1H3. The van der Waals surface area contributed by atoms with Crippen LogP contribution in [0.1, 0.15) is 15.9 Å². The maximum absolute atomic E-state index is 13.3. The zero-order valence-electron chi connectivity index (χ0n) is 17.2. The van der Waals surface area contributed by atoms with Crippen molar-refractivity contribution in [3.8, 4) is 17.2 Å². The van der Waals surface area contributed by atoms with Gasteiger partial charge in [-0.3, -0.25) is 9.36 Å². The molecule has 0 saturated carbocycles. The second kappa shape index (κ2) is 7.63. The fraction of sp³-hybridized carbons (Fsp3) is 0.0400. The van der Waals surface area contributed by atoms with E-state index in [1.165, 1.54) is 10.6 Å². The van der Waals surface area contributed by atoms with E-state index in [-0.39, 0.29) is 22.7 Å². The largest absolute Gasteiger partial charge is 0.508 e. The monoisotopic (exact) mass is 424 g/mol. The van der Waals surface area contributed by atoms with Crippen LogP contribution in [0.4, 0.5) is 11.4 Å². The van der Waals surface area contributed by atoms with Crippen molar-refractivity contribution in [2.75, 3.05) is 5.32 Å². The van der Waals surface area contributed by atoms with Crippen molar-refractivity contribution in [1.82, 2.24) is 14.3 Å². The SMILES string of the molecule is Cc1ccccc1-n1cc(Nc2cc(O)cc(O)c2C(=O)n2cc3ccccc3c2)cn1. The number of fused-ring (bicyclic) bond motifs is 1. The molecule has 0 saturated heterocycles. The summed E-state index contributed by atoms with van der Waals surface area (Å²) in [6.45, 7) is 2.00. The molecule has 0 unspecified atom stereocenters. The summed E-state index contributed by atoms with van der Waals surface area (Å²) in [5.74, 6) is -0.903. The molecule has 0 atom stereocenters. The molecule has 0 amide bonds. The number of carbonyl (C=O) groups is 1. The predicted octanol–water partition coefficient (Wildman–Crippen LogP) is 4.98. The van der Waals surface area contributed by atoms with Crippen LogP contribution < -0.4 is 5.32 Å². The number of para-hydroxylation sites is 1. The summed E-state index contributed by atoms with van der Waals surface area (Å²) in [5, 5.41) is 29.9. The van der Waals surface area contributed by atoms with E-state index < -0.39 is 5.91 Å². The van der Waals surface area contributed by atoms with Gasteiger partial charge in [0.25, 0.3) is 5.91 Å². The summed E-state index contributed by atoms with van der Waals surface area (Å²) in [6, 6.07) is 18.0. The number of rotatable bonds is 4. The van der Waals surface area contributed by atoms with E-state index >= 15 is 0 Å². The Bertz CT molecular complexity index is 1430. The van der Waals surface area contributed by atoms with E-state index in [1.54, 1.807) is 29.5 Å². The Balaban J connectivity index is 1.53. The summed E-state index contributed by atoms with van der Waals surface area (Å²) in [7, 11) is 0. The van der Waals surface area contributed by atoms with E-state index in [4.69, 9.17) is 0 Å². The first-order valence-corrected chi connectivity index (χ1v) is 10.0. The number of aromatic nitrogens is 3. The van der Waals surface area contributed by atoms with E-state index in [0.717, 1.165) is 28.1 Å². The van der Waals surface area contributed by atoms with E-state index in [1.807, 2.05) is 55.5 Å². The van der Waals surface area contributed by atoms with Gasteiger partial charge in [0.05, 0.1) is 29.5 Å². The van der Waals surface area contributed by atoms with Gasteiger partial charge in [-0.25, -0.2) is 4.68 Å². The molecule has 0 aliphatic carbocycles. The molecule has 7 heteroatoms. The number of aromatic hydroxyl groups is 2. The molecule has 0 spiro atoms. The fourth-order valence-corrected chi connectivity index (χ4v) is 3.76. The molecule has 0 bridgehead atoms. The summed E-state index contributed by atoms with van der Waals surface area (Å²) < 4.78 is 3.15. The smallest absolute Gasteiger partial charge is 0.267 e. The van der Waals surface area contributed by atoms with Crippen molar-refractivity contribution >= 4 is 28.1 Å². The van der Waals surface area contributed by atoms with Crippen molar-refractivity contribution in [2.24, 2.45) is 0 Å². The van der Waals surface area contributed by atoms with Crippen LogP contribution in [-0.4, -0.2) is 30.5 Å². The maximum Gasteiger partial charge on any atom is 0.267 e. The minimum atomic E-state index is -0.424. The third-order valence-corrected chi connectivity index (χ3v) is 5.33. The van der Waals surface area contributed by atoms with Crippen molar-refractivity contribution in [1.29, 1.82) is 0 Å². The predicted molar refractivity (Wildman–Crippen MR) is 123 cm³/mol. The van der Waals surface area contributed by atoms with Crippen LogP contribution in [0.25, 0.3) is 16.5 Å². The Morgan fingerprint density at radius 1 is 0.938 bits per heavy atom. The topological polar surface area (TPSA) is 92.3 Å². The Morgan fingerprint density at radius 2 is 1.62 bits per heavy atom. The molecule has 7 nitrogen and oxygen atoms in total. The number of phenols is 2. The molecule has 2 heterocycles. The highest BCUT2D eigenvalue weighted by atomic mass is 16.3. The number of aryl methyl sites for hydroxylation is 1. The maximum atomic E-state index is 13.3. The molecule has 5 rings (SSSR count). The minimum Gasteiger partial charge on any atom is -0.508 e. The average Bonchev–Trinajstić information content (AvgIpc) is 3.40. The normalized spacial score (nSPS) is 11.0. The molecule has 0 radical (unpaired) electrons. The Morgan fingerprint density at radius 3 is 2.34 bits per heavy atom. The lowest BCUT2D eigenvalue weighted by Crippen LogP contribution is -2.12. The molecule has 158 valence electrons. The van der Waals surface area contributed by atoms with Crippen molar-refractivity contribution < 1.29 is 15.0 Å². The third kappa shape index (κ3) is 3.45. The molecular formula is C25H20N4O3. The molecule has 32 heavy (non-hydrogen) atoms. The number of carbonyl (C=O) groups excluding carboxylic acids is 1. The van der Waals surface area contributed by atoms with Crippen molar-refractivity contribution in [3.05, 3.63) is 96.6 Å². The molecule has 3 N–H and O–H groups in total. The van der Waals surface area contributed by atoms with Crippen LogP contribution in [0.3, 0.4) is 0 Å². The van der Waals surface area contributed by atoms with Gasteiger partial charge in [0.2, 0.25) is 0 Å². The molecular weight excluding hydrogens is 404 g/mol. The number of hydrogen-bond donors (Lipinski definition) is 3. The fourth-order valence-electron chi connectivity index (χ4n) is 3.76. The van der Waals surface area contributed by atoms with Crippen molar-refractivity contribution in [2.45, 2.75) is 6.92 Å². The first-order valence-electron chi connectivity index (χ1n) is 10.0. The van der Waals surface area contributed by atoms with Crippen molar-refractivity contribution in [3.63, 3.8) is 0 Å². The van der Waals surface area contributed by atoms with Crippen LogP contribution in [0, 0.1) is 6.92 Å². The molecule has 0 aliphatic rings. The lowest BCUT2D eigenvalue weighted by atomic mass is 10.1. The van der Waals surface area contributed by atoms with E-state index in [2.05, 4.69) is 10.4 Å². The number of anilines is 2. The highest BCUT2D eigenvalue weighted by molar-refractivity contribution is 6.06. The van der Waals surface area contributed by atoms with Gasteiger partial charge >= 0.3 is 0 Å². The van der Waals surface area contributed by atoms with Gasteiger partial charge in [0, 0.05) is 24.5 Å². The molecule has 2 aromatic heterocycles. The van der Waals surface area contributed by atoms with Gasteiger partial charge in [-0.15, -0.1) is 0 Å². The molecule has 0 aliphatic heterocycles. The first kappa shape index (κ1) is 19.4. The van der Waals surface area contributed by atoms with E-state index in [9.17, 15) is 15.0 Å². The lowest BCUT2D eigenvalue weighted by molar-refractivity contribution is 0.0959. The molecule has 5 aromatic rings. The number of nitrogens with zero attached hydrogens (tertiary/aromatic N) is 3. The second-order valence-electron chi connectivity index (χ2n) is 7.57. The summed E-state index contributed by atoms with van der Waals surface area (Å²) >= 11 is 0. The van der Waals surface area contributed by atoms with Gasteiger partial charge in [0.1, 0.15) is 17.1 Å². The molecule has 0 fully saturated rings. The third-order valence-electron chi connectivity index (χ3n) is 5.33. The number of hydrogen-bond acceptors (Lipinski definition) is 5.